The number of nitrogens with one attached hydrogen (secondary N) is 1. The summed E-state index contributed by atoms with van der Waals surface area (Å²) in [4.78, 5) is 6.24. The van der Waals surface area contributed by atoms with Crippen LogP contribution < -0.4 is 5.32 Å². The van der Waals surface area contributed by atoms with Gasteiger partial charge in [0.05, 0.1) is 10.7 Å². The highest BCUT2D eigenvalue weighted by Gasteiger charge is 2.18. The first-order valence-corrected chi connectivity index (χ1v) is 8.06. The molecule has 2 nitrogen and oxygen atoms in total. The third-order valence-electron chi connectivity index (χ3n) is 3.01. The van der Waals surface area contributed by atoms with Crippen LogP contribution in [0.4, 0.5) is 0 Å². The third kappa shape index (κ3) is 4.15. The molecule has 2 rings (SSSR count). The second-order valence-corrected chi connectivity index (χ2v) is 7.43. The first-order valence-electron chi connectivity index (χ1n) is 7.24. The van der Waals surface area contributed by atoms with Gasteiger partial charge in [0.25, 0.3) is 0 Å². The molecule has 1 N–H and O–H groups in total. The van der Waals surface area contributed by atoms with Gasteiger partial charge in [0.2, 0.25) is 0 Å². The number of hydrogen-bond acceptors (Lipinski definition) is 3. The number of rotatable bonds is 5. The van der Waals surface area contributed by atoms with E-state index in [-0.39, 0.29) is 5.41 Å². The van der Waals surface area contributed by atoms with E-state index in [1.165, 1.54) is 15.4 Å². The van der Waals surface area contributed by atoms with Gasteiger partial charge >= 0.3 is 0 Å². The molecule has 20 heavy (non-hydrogen) atoms. The van der Waals surface area contributed by atoms with Gasteiger partial charge in [0.15, 0.2) is 0 Å². The van der Waals surface area contributed by atoms with E-state index in [0.717, 1.165) is 25.2 Å². The van der Waals surface area contributed by atoms with Crippen LogP contribution in [0.15, 0.2) is 30.3 Å². The Balaban J connectivity index is 2.33. The van der Waals surface area contributed by atoms with Crippen molar-refractivity contribution in [1.29, 1.82) is 0 Å². The molecule has 0 amide bonds. The van der Waals surface area contributed by atoms with Gasteiger partial charge in [-0.1, -0.05) is 58.0 Å². The van der Waals surface area contributed by atoms with E-state index in [2.05, 4.69) is 63.3 Å². The van der Waals surface area contributed by atoms with Gasteiger partial charge in [-0.25, -0.2) is 4.98 Å². The number of aromatic nitrogens is 1. The lowest BCUT2D eigenvalue weighted by Crippen LogP contribution is -2.11. The van der Waals surface area contributed by atoms with E-state index >= 15 is 0 Å². The highest BCUT2D eigenvalue weighted by atomic mass is 32.1. The van der Waals surface area contributed by atoms with Crippen LogP contribution in [0.3, 0.4) is 0 Å². The Morgan fingerprint density at radius 1 is 1.15 bits per heavy atom. The fourth-order valence-electron chi connectivity index (χ4n) is 2.11. The molecule has 0 saturated carbocycles. The summed E-state index contributed by atoms with van der Waals surface area (Å²) in [5, 5.41) is 4.66. The molecular formula is C17H24N2S. The van der Waals surface area contributed by atoms with Gasteiger partial charge in [0, 0.05) is 23.4 Å². The maximum atomic E-state index is 4.90. The monoisotopic (exact) mass is 288 g/mol. The largest absolute Gasteiger partial charge is 0.312 e. The van der Waals surface area contributed by atoms with E-state index in [1.54, 1.807) is 0 Å². The fourth-order valence-corrected chi connectivity index (χ4v) is 3.47. The van der Waals surface area contributed by atoms with Gasteiger partial charge < -0.3 is 5.32 Å². The molecule has 2 aromatic rings. The summed E-state index contributed by atoms with van der Waals surface area (Å²) in [6.45, 7) is 10.8. The molecule has 0 aliphatic rings. The Labute approximate surface area is 126 Å². The minimum atomic E-state index is 0.279. The fraction of sp³-hybridized carbons (Fsp3) is 0.471. The van der Waals surface area contributed by atoms with Crippen molar-refractivity contribution in [2.24, 2.45) is 5.41 Å². The highest BCUT2D eigenvalue weighted by molar-refractivity contribution is 7.12. The van der Waals surface area contributed by atoms with E-state index in [1.807, 2.05) is 11.3 Å². The lowest BCUT2D eigenvalue weighted by molar-refractivity contribution is 0.410. The quantitative estimate of drug-likeness (QED) is 0.875. The van der Waals surface area contributed by atoms with Crippen LogP contribution in [0.1, 0.15) is 37.6 Å². The summed E-state index contributed by atoms with van der Waals surface area (Å²) in [7, 11) is 0. The normalized spacial score (nSPS) is 11.8. The van der Waals surface area contributed by atoms with Gasteiger partial charge in [-0.2, -0.15) is 0 Å². The van der Waals surface area contributed by atoms with Crippen LogP contribution in [0.25, 0.3) is 11.3 Å². The summed E-state index contributed by atoms with van der Waals surface area (Å²) >= 11 is 1.85. The molecule has 1 aromatic heterocycles. The second kappa shape index (κ2) is 6.51. The molecule has 0 aliphatic carbocycles. The van der Waals surface area contributed by atoms with Crippen molar-refractivity contribution >= 4 is 11.3 Å². The van der Waals surface area contributed by atoms with Crippen LogP contribution in [-0.4, -0.2) is 11.5 Å². The number of thiazole rings is 1. The van der Waals surface area contributed by atoms with Gasteiger partial charge in [-0.15, -0.1) is 11.3 Å². The lowest BCUT2D eigenvalue weighted by atomic mass is 9.93. The molecule has 0 atom stereocenters. The van der Waals surface area contributed by atoms with Crippen LogP contribution in [0.2, 0.25) is 0 Å². The molecule has 0 bridgehead atoms. The Morgan fingerprint density at radius 3 is 2.45 bits per heavy atom. The molecule has 0 radical (unpaired) electrons. The third-order valence-corrected chi connectivity index (χ3v) is 4.06. The van der Waals surface area contributed by atoms with E-state index in [4.69, 9.17) is 4.98 Å². The van der Waals surface area contributed by atoms with Crippen LogP contribution in [-0.2, 0) is 13.0 Å². The van der Waals surface area contributed by atoms with Gasteiger partial charge in [-0.3, -0.25) is 0 Å². The smallest absolute Gasteiger partial charge is 0.0941 e. The zero-order chi connectivity index (χ0) is 14.6. The number of benzene rings is 1. The highest BCUT2D eigenvalue weighted by Crippen LogP contribution is 2.31. The molecule has 0 saturated heterocycles. The molecule has 108 valence electrons. The van der Waals surface area contributed by atoms with E-state index in [9.17, 15) is 0 Å². The first-order chi connectivity index (χ1) is 9.49. The van der Waals surface area contributed by atoms with Crippen molar-refractivity contribution in [3.63, 3.8) is 0 Å². The molecule has 0 aliphatic heterocycles. The average Bonchev–Trinajstić information content (AvgIpc) is 2.78. The summed E-state index contributed by atoms with van der Waals surface area (Å²) < 4.78 is 0. The molecule has 0 fully saturated rings. The zero-order valence-electron chi connectivity index (χ0n) is 12.9. The van der Waals surface area contributed by atoms with Gasteiger partial charge in [0.1, 0.15) is 0 Å². The predicted molar refractivity (Wildman–Crippen MR) is 88.1 cm³/mol. The molecule has 3 heteroatoms. The van der Waals surface area contributed by atoms with Crippen LogP contribution >= 0.6 is 11.3 Å². The number of hydrogen-bond donors (Lipinski definition) is 1. The Bertz CT molecular complexity index is 538. The maximum absolute atomic E-state index is 4.90. The van der Waals surface area contributed by atoms with E-state index in [0.29, 0.717) is 0 Å². The molecule has 1 heterocycles. The maximum Gasteiger partial charge on any atom is 0.0941 e. The average molecular weight is 288 g/mol. The molecule has 0 unspecified atom stereocenters. The van der Waals surface area contributed by atoms with E-state index < -0.39 is 0 Å². The Hall–Kier alpha value is -1.19. The standard InChI is InChI=1S/C17H24N2S/c1-5-18-12-14-16(13-9-7-6-8-10-13)19-15(20-14)11-17(2,3)4/h6-10,18H,5,11-12H2,1-4H3. The lowest BCUT2D eigenvalue weighted by Gasteiger charge is -2.15. The van der Waals surface area contributed by atoms with Crippen LogP contribution in [0, 0.1) is 5.41 Å². The second-order valence-electron chi connectivity index (χ2n) is 6.26. The predicted octanol–water partition coefficient (Wildman–Crippen LogP) is 4.51. The van der Waals surface area contributed by atoms with Crippen molar-refractivity contribution in [3.8, 4) is 11.3 Å². The molecule has 1 aromatic carbocycles. The summed E-state index contributed by atoms with van der Waals surface area (Å²) in [6.07, 6.45) is 1.03. The zero-order valence-corrected chi connectivity index (χ0v) is 13.7. The van der Waals surface area contributed by atoms with Crippen molar-refractivity contribution in [2.75, 3.05) is 6.54 Å². The van der Waals surface area contributed by atoms with Crippen molar-refractivity contribution in [2.45, 2.75) is 40.7 Å². The number of nitrogens with zero attached hydrogens (tertiary/aromatic N) is 1. The summed E-state index contributed by atoms with van der Waals surface area (Å²) in [5.41, 5.74) is 2.65. The minimum Gasteiger partial charge on any atom is -0.312 e. The molecular weight excluding hydrogens is 264 g/mol. The van der Waals surface area contributed by atoms with Crippen molar-refractivity contribution in [1.82, 2.24) is 10.3 Å². The Kier molecular flexibility index (Phi) is 4.95. The molecule has 0 spiro atoms. The van der Waals surface area contributed by atoms with Gasteiger partial charge in [-0.05, 0) is 12.0 Å². The Morgan fingerprint density at radius 2 is 1.85 bits per heavy atom. The summed E-state index contributed by atoms with van der Waals surface area (Å²) in [5.74, 6) is 0. The van der Waals surface area contributed by atoms with Crippen LogP contribution in [0.5, 0.6) is 0 Å². The SMILES string of the molecule is CCNCc1sc(CC(C)(C)C)nc1-c1ccccc1. The topological polar surface area (TPSA) is 24.9 Å². The van der Waals surface area contributed by atoms with Crippen molar-refractivity contribution in [3.05, 3.63) is 40.2 Å². The first kappa shape index (κ1) is 15.2. The summed E-state index contributed by atoms with van der Waals surface area (Å²) in [6, 6.07) is 10.5. The minimum absolute atomic E-state index is 0.279. The van der Waals surface area contributed by atoms with Crippen molar-refractivity contribution < 1.29 is 0 Å².